The lowest BCUT2D eigenvalue weighted by Gasteiger charge is -2.20. The van der Waals surface area contributed by atoms with E-state index in [1.54, 1.807) is 11.8 Å². The normalized spacial score (nSPS) is 10.9. The van der Waals surface area contributed by atoms with Crippen LogP contribution in [0.3, 0.4) is 0 Å². The van der Waals surface area contributed by atoms with Crippen molar-refractivity contribution in [3.8, 4) is 0 Å². The molecule has 7 heteroatoms. The van der Waals surface area contributed by atoms with E-state index in [2.05, 4.69) is 11.1 Å². The molecule has 0 atom stereocenters. The van der Waals surface area contributed by atoms with Gasteiger partial charge in [0.15, 0.2) is 5.13 Å². The molecule has 0 aliphatic carbocycles. The van der Waals surface area contributed by atoms with E-state index in [1.165, 1.54) is 23.1 Å². The highest BCUT2D eigenvalue weighted by Crippen LogP contribution is 2.37. The van der Waals surface area contributed by atoms with Gasteiger partial charge in [0.2, 0.25) is 5.91 Å². The van der Waals surface area contributed by atoms with Gasteiger partial charge in [0.05, 0.1) is 21.4 Å². The van der Waals surface area contributed by atoms with Gasteiger partial charge >= 0.3 is 0 Å². The fourth-order valence-corrected chi connectivity index (χ4v) is 5.26. The first-order valence-electron chi connectivity index (χ1n) is 8.26. The van der Waals surface area contributed by atoms with E-state index in [4.69, 9.17) is 23.2 Å². The molecule has 0 fully saturated rings. The van der Waals surface area contributed by atoms with Crippen LogP contribution in [0.15, 0.2) is 46.7 Å². The smallest absolute Gasteiger partial charge is 0.230 e. The summed E-state index contributed by atoms with van der Waals surface area (Å²) in [5.41, 5.74) is 3.94. The molecule has 2 aromatic carbocycles. The van der Waals surface area contributed by atoms with Gasteiger partial charge in [-0.25, -0.2) is 4.98 Å². The van der Waals surface area contributed by atoms with Crippen LogP contribution in [-0.2, 0) is 10.5 Å². The van der Waals surface area contributed by atoms with Crippen LogP contribution in [0.2, 0.25) is 10.0 Å². The number of halogens is 2. The number of thiazole rings is 1. The van der Waals surface area contributed by atoms with Gasteiger partial charge in [0.25, 0.3) is 0 Å². The van der Waals surface area contributed by atoms with Crippen molar-refractivity contribution in [2.75, 3.05) is 4.90 Å². The van der Waals surface area contributed by atoms with Crippen LogP contribution in [-0.4, -0.2) is 10.9 Å². The minimum Gasteiger partial charge on any atom is -0.274 e. The van der Waals surface area contributed by atoms with Gasteiger partial charge in [-0.15, -0.1) is 23.1 Å². The quantitative estimate of drug-likeness (QED) is 0.401. The second kappa shape index (κ2) is 8.65. The number of carbonyl (C=O) groups excluding carboxylic acids is 1. The van der Waals surface area contributed by atoms with Gasteiger partial charge in [-0.05, 0) is 37.6 Å². The molecule has 140 valence electrons. The highest BCUT2D eigenvalue weighted by Gasteiger charge is 2.20. The average Bonchev–Trinajstić information content (AvgIpc) is 3.05. The first-order valence-corrected chi connectivity index (χ1v) is 10.9. The zero-order valence-corrected chi connectivity index (χ0v) is 18.3. The summed E-state index contributed by atoms with van der Waals surface area (Å²) in [5.74, 6) is 0.558. The molecule has 1 aromatic heterocycles. The Morgan fingerprint density at radius 2 is 1.89 bits per heavy atom. The first kappa shape index (κ1) is 20.2. The SMILES string of the molecule is CC(=O)N(c1nc(CSc2c(Cl)cccc2Cl)cs1)c1ccc(C)cc1C. The van der Waals surface area contributed by atoms with Crippen molar-refractivity contribution in [2.45, 2.75) is 31.4 Å². The van der Waals surface area contributed by atoms with E-state index in [-0.39, 0.29) is 5.91 Å². The third kappa shape index (κ3) is 4.66. The molecule has 3 nitrogen and oxygen atoms in total. The summed E-state index contributed by atoms with van der Waals surface area (Å²) in [5, 5.41) is 3.88. The molecule has 0 saturated carbocycles. The number of amides is 1. The average molecular weight is 437 g/mol. The number of aryl methyl sites for hydroxylation is 2. The molecule has 0 aliphatic rings. The number of anilines is 2. The number of hydrogen-bond acceptors (Lipinski definition) is 4. The molecule has 0 bridgehead atoms. The van der Waals surface area contributed by atoms with Crippen molar-refractivity contribution in [1.29, 1.82) is 0 Å². The second-order valence-electron chi connectivity index (χ2n) is 6.11. The van der Waals surface area contributed by atoms with Crippen LogP contribution in [0.1, 0.15) is 23.7 Å². The lowest BCUT2D eigenvalue weighted by molar-refractivity contribution is -0.115. The van der Waals surface area contributed by atoms with E-state index >= 15 is 0 Å². The van der Waals surface area contributed by atoms with E-state index in [0.717, 1.165) is 27.4 Å². The van der Waals surface area contributed by atoms with Crippen molar-refractivity contribution in [3.05, 3.63) is 68.6 Å². The fourth-order valence-electron chi connectivity index (χ4n) is 2.70. The van der Waals surface area contributed by atoms with Crippen LogP contribution in [0, 0.1) is 13.8 Å². The van der Waals surface area contributed by atoms with Crippen LogP contribution in [0.25, 0.3) is 0 Å². The minimum absolute atomic E-state index is 0.0651. The predicted molar refractivity (Wildman–Crippen MR) is 117 cm³/mol. The van der Waals surface area contributed by atoms with E-state index < -0.39 is 0 Å². The van der Waals surface area contributed by atoms with Crippen molar-refractivity contribution in [3.63, 3.8) is 0 Å². The summed E-state index contributed by atoms with van der Waals surface area (Å²) >= 11 is 15.4. The molecule has 0 radical (unpaired) electrons. The van der Waals surface area contributed by atoms with Crippen LogP contribution >= 0.6 is 46.3 Å². The highest BCUT2D eigenvalue weighted by molar-refractivity contribution is 7.98. The van der Waals surface area contributed by atoms with Gasteiger partial charge in [0, 0.05) is 23.0 Å². The standard InChI is InChI=1S/C20H18Cl2N2OS2/c1-12-7-8-18(13(2)9-12)24(14(3)25)20-23-15(11-27-20)10-26-19-16(21)5-4-6-17(19)22/h4-9,11H,10H2,1-3H3. The second-order valence-corrected chi connectivity index (χ2v) is 8.74. The summed E-state index contributed by atoms with van der Waals surface area (Å²) in [6.07, 6.45) is 0. The van der Waals surface area contributed by atoms with Crippen molar-refractivity contribution in [2.24, 2.45) is 0 Å². The lowest BCUT2D eigenvalue weighted by Crippen LogP contribution is -2.23. The van der Waals surface area contributed by atoms with Gasteiger partial charge in [0.1, 0.15) is 0 Å². The number of carbonyl (C=O) groups is 1. The van der Waals surface area contributed by atoms with Crippen molar-refractivity contribution in [1.82, 2.24) is 4.98 Å². The zero-order valence-electron chi connectivity index (χ0n) is 15.1. The van der Waals surface area contributed by atoms with E-state index in [1.807, 2.05) is 49.6 Å². The molecule has 1 heterocycles. The third-order valence-electron chi connectivity index (χ3n) is 3.92. The molecular formula is C20H18Cl2N2OS2. The van der Waals surface area contributed by atoms with Crippen LogP contribution in [0.5, 0.6) is 0 Å². The van der Waals surface area contributed by atoms with Gasteiger partial charge < -0.3 is 0 Å². The molecule has 0 N–H and O–H groups in total. The Bertz CT molecular complexity index is 968. The predicted octanol–water partition coefficient (Wildman–Crippen LogP) is 7.04. The Morgan fingerprint density at radius 1 is 1.19 bits per heavy atom. The Hall–Kier alpha value is -1.53. The molecular weight excluding hydrogens is 419 g/mol. The van der Waals surface area contributed by atoms with Gasteiger partial charge in [-0.1, -0.05) is 47.0 Å². The van der Waals surface area contributed by atoms with Crippen molar-refractivity contribution >= 4 is 63.0 Å². The molecule has 27 heavy (non-hydrogen) atoms. The highest BCUT2D eigenvalue weighted by atomic mass is 35.5. The maximum Gasteiger partial charge on any atom is 0.230 e. The molecule has 0 aliphatic heterocycles. The number of thioether (sulfide) groups is 1. The lowest BCUT2D eigenvalue weighted by atomic mass is 10.1. The molecule has 0 saturated heterocycles. The van der Waals surface area contributed by atoms with Crippen LogP contribution < -0.4 is 4.90 Å². The number of aromatic nitrogens is 1. The molecule has 3 rings (SSSR count). The van der Waals surface area contributed by atoms with Gasteiger partial charge in [-0.2, -0.15) is 0 Å². The van der Waals surface area contributed by atoms with E-state index in [0.29, 0.717) is 20.9 Å². The molecule has 3 aromatic rings. The maximum atomic E-state index is 12.3. The van der Waals surface area contributed by atoms with Crippen molar-refractivity contribution < 1.29 is 4.79 Å². The summed E-state index contributed by atoms with van der Waals surface area (Å²) in [6.45, 7) is 5.59. The topological polar surface area (TPSA) is 33.2 Å². The number of nitrogens with zero attached hydrogens (tertiary/aromatic N) is 2. The summed E-state index contributed by atoms with van der Waals surface area (Å²) in [7, 11) is 0. The maximum absolute atomic E-state index is 12.3. The minimum atomic E-state index is -0.0651. The van der Waals surface area contributed by atoms with Crippen LogP contribution in [0.4, 0.5) is 10.8 Å². The first-order chi connectivity index (χ1) is 12.9. The fraction of sp³-hybridized carbons (Fsp3) is 0.200. The Balaban J connectivity index is 1.83. The molecule has 0 spiro atoms. The summed E-state index contributed by atoms with van der Waals surface area (Å²) < 4.78 is 0. The summed E-state index contributed by atoms with van der Waals surface area (Å²) in [6, 6.07) is 11.5. The Kier molecular flexibility index (Phi) is 6.48. The Labute approximate surface area is 177 Å². The monoisotopic (exact) mass is 436 g/mol. The molecule has 0 unspecified atom stereocenters. The zero-order chi connectivity index (χ0) is 19.6. The number of hydrogen-bond donors (Lipinski definition) is 0. The van der Waals surface area contributed by atoms with Gasteiger partial charge in [-0.3, -0.25) is 9.69 Å². The molecule has 1 amide bonds. The third-order valence-corrected chi connectivity index (χ3v) is 6.82. The largest absolute Gasteiger partial charge is 0.274 e. The Morgan fingerprint density at radius 3 is 2.52 bits per heavy atom. The summed E-state index contributed by atoms with van der Waals surface area (Å²) in [4.78, 5) is 19.5. The van der Waals surface area contributed by atoms with E-state index in [9.17, 15) is 4.79 Å². The number of benzene rings is 2. The number of rotatable bonds is 5.